The number of rotatable bonds is 0. The van der Waals surface area contributed by atoms with Crippen LogP contribution in [0.25, 0.3) is 55.8 Å². The highest BCUT2D eigenvalue weighted by atomic mass is 16.1. The van der Waals surface area contributed by atoms with Gasteiger partial charge in [-0.15, -0.1) is 0 Å². The van der Waals surface area contributed by atoms with Gasteiger partial charge in [-0.05, 0) is 104 Å². The van der Waals surface area contributed by atoms with Crippen LogP contribution in [0.3, 0.4) is 0 Å². The lowest BCUT2D eigenvalue weighted by atomic mass is 10.1. The molecule has 382 valence electrons. The lowest BCUT2D eigenvalue weighted by Gasteiger charge is -2.20. The molecule has 10 N–H and O–H groups in total. The molecular formula is C45H63N23O4. The van der Waals surface area contributed by atoms with Gasteiger partial charge in [-0.25, -0.2) is 44.9 Å². The Morgan fingerprint density at radius 1 is 0.361 bits per heavy atom. The predicted octanol–water partition coefficient (Wildman–Crippen LogP) is 3.83. The van der Waals surface area contributed by atoms with Crippen LogP contribution in [-0.2, 0) is 27.7 Å². The van der Waals surface area contributed by atoms with Gasteiger partial charge < -0.3 is 50.0 Å². The van der Waals surface area contributed by atoms with Gasteiger partial charge >= 0.3 is 0 Å². The molecule has 10 aromatic rings. The normalized spacial score (nSPS) is 12.2. The lowest BCUT2D eigenvalue weighted by molar-refractivity contribution is 0.405. The summed E-state index contributed by atoms with van der Waals surface area (Å²) in [6.45, 7) is 30.5. The Kier molecular flexibility index (Phi) is 14.1. The van der Waals surface area contributed by atoms with Crippen molar-refractivity contribution in [1.29, 1.82) is 0 Å². The summed E-state index contributed by atoms with van der Waals surface area (Å²) < 4.78 is 9.41. The molecule has 0 saturated heterocycles. The van der Waals surface area contributed by atoms with Crippen LogP contribution in [0, 0.1) is 0 Å². The summed E-state index contributed by atoms with van der Waals surface area (Å²) in [4.78, 5) is 100. The van der Waals surface area contributed by atoms with Crippen LogP contribution in [-0.4, -0.2) is 97.6 Å². The van der Waals surface area contributed by atoms with E-state index in [4.69, 9.17) is 17.2 Å². The molecule has 0 amide bonds. The van der Waals surface area contributed by atoms with Crippen LogP contribution in [0.5, 0.6) is 0 Å². The smallest absolute Gasteiger partial charge is 0.280 e. The molecule has 0 spiro atoms. The minimum absolute atomic E-state index is 0.0461. The van der Waals surface area contributed by atoms with Crippen molar-refractivity contribution in [1.82, 2.24) is 97.6 Å². The van der Waals surface area contributed by atoms with E-state index in [9.17, 15) is 19.2 Å². The number of H-pyrrole nitrogens is 4. The molecule has 27 heteroatoms. The third-order valence-corrected chi connectivity index (χ3v) is 10.5. The summed E-state index contributed by atoms with van der Waals surface area (Å²) >= 11 is 0. The van der Waals surface area contributed by atoms with Crippen LogP contribution in [0.4, 0.5) is 17.7 Å². The highest BCUT2D eigenvalue weighted by molar-refractivity contribution is 5.81. The van der Waals surface area contributed by atoms with Gasteiger partial charge in [0.2, 0.25) is 11.9 Å². The molecule has 27 nitrogen and oxygen atoms in total. The molecule has 0 fully saturated rings. The first-order valence-electron chi connectivity index (χ1n) is 22.5. The maximum Gasteiger partial charge on any atom is 0.280 e. The summed E-state index contributed by atoms with van der Waals surface area (Å²) in [5, 5.41) is 0. The summed E-state index contributed by atoms with van der Waals surface area (Å²) in [7, 11) is 0. The summed E-state index contributed by atoms with van der Waals surface area (Å²) in [5.74, 6) is 0.648. The van der Waals surface area contributed by atoms with Crippen molar-refractivity contribution in [2.75, 3.05) is 17.2 Å². The van der Waals surface area contributed by atoms with E-state index in [0.717, 1.165) is 5.65 Å². The molecule has 0 aliphatic heterocycles. The number of hydrogen-bond donors (Lipinski definition) is 7. The van der Waals surface area contributed by atoms with E-state index in [0.29, 0.717) is 56.0 Å². The molecule has 0 aliphatic rings. The zero-order chi connectivity index (χ0) is 53.5. The molecule has 0 aliphatic carbocycles. The van der Waals surface area contributed by atoms with Gasteiger partial charge in [0.05, 0.1) is 44.3 Å². The minimum Gasteiger partial charge on any atom is -0.382 e. The maximum atomic E-state index is 11.5. The summed E-state index contributed by atoms with van der Waals surface area (Å²) in [6, 6.07) is 0. The van der Waals surface area contributed by atoms with Crippen molar-refractivity contribution < 1.29 is 0 Å². The monoisotopic (exact) mass is 990 g/mol. The number of nitrogens with one attached hydrogen (secondary N) is 4. The highest BCUT2D eigenvalue weighted by Crippen LogP contribution is 2.23. The topological polar surface area (TPSA) is 376 Å². The van der Waals surface area contributed by atoms with Crippen molar-refractivity contribution in [2.24, 2.45) is 0 Å². The van der Waals surface area contributed by atoms with E-state index in [1.165, 1.54) is 19.0 Å². The summed E-state index contributed by atoms with van der Waals surface area (Å²) in [6.07, 6.45) is 12.5. The third kappa shape index (κ3) is 11.3. The molecule has 72 heavy (non-hydrogen) atoms. The number of hydrogen-bond acceptors (Lipinski definition) is 18. The molecule has 0 unspecified atom stereocenters. The molecule has 0 atom stereocenters. The molecule has 10 aromatic heterocycles. The minimum atomic E-state index is -0.305. The number of nitrogens with two attached hydrogens (primary N) is 3. The highest BCUT2D eigenvalue weighted by Gasteiger charge is 2.22. The van der Waals surface area contributed by atoms with Crippen LogP contribution in [0.2, 0.25) is 0 Å². The number of imidazole rings is 5. The number of nitrogens with zero attached hydrogens (tertiary/aromatic N) is 16. The van der Waals surface area contributed by atoms with Crippen molar-refractivity contribution in [3.05, 3.63) is 92.0 Å². The van der Waals surface area contributed by atoms with E-state index in [1.54, 1.807) is 31.6 Å². The van der Waals surface area contributed by atoms with Crippen molar-refractivity contribution in [2.45, 2.75) is 132 Å². The van der Waals surface area contributed by atoms with Gasteiger partial charge in [-0.3, -0.25) is 29.1 Å². The Morgan fingerprint density at radius 2 is 0.639 bits per heavy atom. The first kappa shape index (κ1) is 52.7. The Morgan fingerprint density at radius 3 is 0.958 bits per heavy atom. The number of fused-ring (bicyclic) bond motifs is 5. The van der Waals surface area contributed by atoms with Gasteiger partial charge in [0, 0.05) is 27.7 Å². The Hall–Kier alpha value is -8.65. The fourth-order valence-electron chi connectivity index (χ4n) is 6.85. The van der Waals surface area contributed by atoms with Gasteiger partial charge in [-0.2, -0.15) is 9.97 Å². The maximum absolute atomic E-state index is 11.5. The second kappa shape index (κ2) is 19.3. The van der Waals surface area contributed by atoms with E-state index >= 15 is 0 Å². The quantitative estimate of drug-likeness (QED) is 0.113. The molecule has 0 saturated carbocycles. The molecule has 0 bridgehead atoms. The Labute approximate surface area is 410 Å². The first-order valence-corrected chi connectivity index (χ1v) is 22.5. The molecule has 0 radical (unpaired) electrons. The molecule has 0 aromatic carbocycles. The first-order chi connectivity index (χ1) is 33.3. The van der Waals surface area contributed by atoms with E-state index in [-0.39, 0.29) is 61.8 Å². The largest absolute Gasteiger partial charge is 0.382 e. The lowest BCUT2D eigenvalue weighted by Crippen LogP contribution is -2.22. The van der Waals surface area contributed by atoms with E-state index in [1.807, 2.05) is 106 Å². The zero-order valence-electron chi connectivity index (χ0n) is 43.1. The Balaban J connectivity index is 0.000000147. The van der Waals surface area contributed by atoms with Crippen molar-refractivity contribution in [3.63, 3.8) is 0 Å². The van der Waals surface area contributed by atoms with Crippen molar-refractivity contribution in [3.8, 4) is 0 Å². The van der Waals surface area contributed by atoms with Gasteiger partial charge in [0.25, 0.3) is 22.2 Å². The van der Waals surface area contributed by atoms with E-state index in [2.05, 4.69) is 95.5 Å². The SMILES string of the molecule is CC(C)(C)n1cnc2c(=O)[nH]c(N)nc21.CC(C)(C)n1cnc2c(=O)[nH]c(N)nc21.CC(C)(C)n1cnc2c(=O)[nH]cnc21.CC(C)(C)n1cnc2c(=O)[nH]cnc21.CC(C)(C)n1cnc2c(N)ncnc21. The molecule has 10 heterocycles. The van der Waals surface area contributed by atoms with Crippen LogP contribution in [0.15, 0.2) is 69.8 Å². The average molecular weight is 990 g/mol. The standard InChI is InChI=1S/2C9H13N5O.C9H13N5.2C9H12N4O/c2*1-9(2,3)14-4-11-5-6(14)12-8(10)13-7(5)15;1-9(2,3)14-5-13-6-7(10)11-4-12-8(6)14;2*1-9(2,3)13-5-12-6-7(13)10-4-11-8(6)14/h2*4H,1-3H3,(H3,10,12,13,15);4-5H,1-3H3,(H2,10,11,12);2*4-5H,1-3H3,(H,10,11,14). The van der Waals surface area contributed by atoms with Crippen molar-refractivity contribution >= 4 is 73.5 Å². The number of anilines is 3. The van der Waals surface area contributed by atoms with E-state index < -0.39 is 0 Å². The summed E-state index contributed by atoms with van der Waals surface area (Å²) in [5.41, 5.74) is 20.2. The second-order valence-electron chi connectivity index (χ2n) is 21.4. The van der Waals surface area contributed by atoms with Crippen LogP contribution in [0.1, 0.15) is 104 Å². The number of aromatic amines is 4. The third-order valence-electron chi connectivity index (χ3n) is 10.5. The number of nitrogen functional groups attached to an aromatic ring is 3. The zero-order valence-corrected chi connectivity index (χ0v) is 43.1. The average Bonchev–Trinajstić information content (AvgIpc) is 4.09. The predicted molar refractivity (Wildman–Crippen MR) is 276 cm³/mol. The fraction of sp³-hybridized carbons (Fsp3) is 0.444. The number of aromatic nitrogens is 20. The van der Waals surface area contributed by atoms with Crippen LogP contribution < -0.4 is 39.4 Å². The Bertz CT molecular complexity index is 3570. The van der Waals surface area contributed by atoms with Gasteiger partial charge in [0.1, 0.15) is 11.8 Å². The molecular weight excluding hydrogens is 927 g/mol. The van der Waals surface area contributed by atoms with Crippen LogP contribution >= 0.6 is 0 Å². The second-order valence-corrected chi connectivity index (χ2v) is 21.4. The van der Waals surface area contributed by atoms with Gasteiger partial charge in [0.15, 0.2) is 56.1 Å². The van der Waals surface area contributed by atoms with Gasteiger partial charge in [-0.1, -0.05) is 0 Å². The fourth-order valence-corrected chi connectivity index (χ4v) is 6.85. The molecule has 10 rings (SSSR count).